The molecule has 1 rings (SSSR count). The zero-order valence-electron chi connectivity index (χ0n) is 21.3. The molecule has 0 fully saturated rings. The first-order chi connectivity index (χ1) is 16.0. The van der Waals surface area contributed by atoms with Gasteiger partial charge in [-0.25, -0.2) is 4.79 Å². The molecule has 7 nitrogen and oxygen atoms in total. The van der Waals surface area contributed by atoms with Crippen molar-refractivity contribution in [3.63, 3.8) is 0 Å². The van der Waals surface area contributed by atoms with Crippen molar-refractivity contribution in [2.75, 3.05) is 0 Å². The molecule has 0 saturated carbocycles. The minimum absolute atomic E-state index is 0.0270. The van der Waals surface area contributed by atoms with Gasteiger partial charge in [0.2, 0.25) is 5.91 Å². The molecular formula is C27H40N2O5. The largest absolute Gasteiger partial charge is 0.445 e. The second-order valence-electron chi connectivity index (χ2n) is 9.80. The lowest BCUT2D eigenvalue weighted by Gasteiger charge is -2.24. The molecule has 1 aromatic carbocycles. The van der Waals surface area contributed by atoms with Gasteiger partial charge in [-0.05, 0) is 44.1 Å². The number of alkyl carbamates (subject to hydrolysis) is 1. The zero-order valence-corrected chi connectivity index (χ0v) is 21.3. The quantitative estimate of drug-likeness (QED) is 0.304. The monoisotopic (exact) mass is 472 g/mol. The molecule has 0 aliphatic carbocycles. The highest BCUT2D eigenvalue weighted by molar-refractivity contribution is 5.92. The molecule has 2 N–H and O–H groups in total. The van der Waals surface area contributed by atoms with Gasteiger partial charge < -0.3 is 20.2 Å². The number of allylic oxidation sites excluding steroid dienone is 1. The van der Waals surface area contributed by atoms with Gasteiger partial charge in [-0.2, -0.15) is 0 Å². The number of nitrogens with one attached hydrogen (secondary N) is 2. The number of amides is 2. The van der Waals surface area contributed by atoms with E-state index in [0.717, 1.165) is 11.1 Å². The summed E-state index contributed by atoms with van der Waals surface area (Å²) < 4.78 is 5.28. The van der Waals surface area contributed by atoms with Crippen LogP contribution in [0.4, 0.5) is 4.79 Å². The number of ketones is 1. The first kappa shape index (κ1) is 29.1. The number of hydrogen-bond acceptors (Lipinski definition) is 5. The number of ether oxygens (including phenoxy) is 1. The summed E-state index contributed by atoms with van der Waals surface area (Å²) in [7, 11) is 0. The summed E-state index contributed by atoms with van der Waals surface area (Å²) in [5.41, 5.74) is 1.75. The van der Waals surface area contributed by atoms with Gasteiger partial charge >= 0.3 is 6.09 Å². The Balaban J connectivity index is 2.87. The third-order valence-corrected chi connectivity index (χ3v) is 5.14. The smallest absolute Gasteiger partial charge is 0.408 e. The second-order valence-corrected chi connectivity index (χ2v) is 9.80. The molecule has 0 spiro atoms. The molecule has 34 heavy (non-hydrogen) atoms. The van der Waals surface area contributed by atoms with Crippen LogP contribution in [0.5, 0.6) is 0 Å². The number of hydrogen-bond donors (Lipinski definition) is 2. The van der Waals surface area contributed by atoms with Crippen LogP contribution in [-0.2, 0) is 25.7 Å². The minimum Gasteiger partial charge on any atom is -0.445 e. The van der Waals surface area contributed by atoms with Crippen molar-refractivity contribution in [1.29, 1.82) is 0 Å². The number of carbonyl (C=O) groups excluding carboxylic acids is 4. The number of Topliss-reactive ketones (excluding diaryl/α,β-unsaturated/α-hetero) is 1. The molecule has 0 aromatic heterocycles. The van der Waals surface area contributed by atoms with Crippen molar-refractivity contribution >= 4 is 24.1 Å². The first-order valence-electron chi connectivity index (χ1n) is 11.9. The minimum atomic E-state index is -0.759. The number of rotatable bonds is 14. The van der Waals surface area contributed by atoms with Gasteiger partial charge in [0.15, 0.2) is 5.78 Å². The van der Waals surface area contributed by atoms with E-state index in [-0.39, 0.29) is 36.6 Å². The average Bonchev–Trinajstić information content (AvgIpc) is 2.76. The van der Waals surface area contributed by atoms with Crippen LogP contribution in [0.2, 0.25) is 0 Å². The standard InChI is InChI=1S/C27H40N2O5/c1-18(2)12-22(26(32)28-23(16-30)13-19(3)4)15-25(31)24(14-20(5)6)29-27(33)34-17-21-10-8-7-9-11-21/h7-11,13,16,18,20,22-24H,12,14-15,17H2,1-6H3,(H,28,32)(H,29,33)/t22-,23+,24+/m1/s1. The van der Waals surface area contributed by atoms with Crippen molar-refractivity contribution in [2.24, 2.45) is 17.8 Å². The van der Waals surface area contributed by atoms with E-state index in [9.17, 15) is 19.2 Å². The molecule has 7 heteroatoms. The van der Waals surface area contributed by atoms with Crippen LogP contribution in [0.1, 0.15) is 66.4 Å². The molecule has 2 amide bonds. The SMILES string of the molecule is CC(C)=C[C@@H](C=O)NC(=O)[C@@H](CC(=O)[C@H](CC(C)C)NC(=O)OCc1ccccc1)CC(C)C. The summed E-state index contributed by atoms with van der Waals surface area (Å²) in [6.45, 7) is 11.7. The Kier molecular flexibility index (Phi) is 12.9. The average molecular weight is 473 g/mol. The summed E-state index contributed by atoms with van der Waals surface area (Å²) in [5.74, 6) is -0.841. The number of aldehydes is 1. The Labute approximate surface area is 203 Å². The third-order valence-electron chi connectivity index (χ3n) is 5.14. The fraction of sp³-hybridized carbons (Fsp3) is 0.556. The van der Waals surface area contributed by atoms with E-state index in [2.05, 4.69) is 10.6 Å². The van der Waals surface area contributed by atoms with Crippen molar-refractivity contribution in [1.82, 2.24) is 10.6 Å². The molecule has 0 bridgehead atoms. The highest BCUT2D eigenvalue weighted by atomic mass is 16.5. The first-order valence-corrected chi connectivity index (χ1v) is 11.9. The van der Waals surface area contributed by atoms with Gasteiger partial charge in [-0.1, -0.05) is 69.7 Å². The topological polar surface area (TPSA) is 102 Å². The Hall–Kier alpha value is -2.96. The highest BCUT2D eigenvalue weighted by Gasteiger charge is 2.29. The molecule has 0 saturated heterocycles. The number of carbonyl (C=O) groups is 4. The van der Waals surface area contributed by atoms with Crippen LogP contribution in [0.25, 0.3) is 0 Å². The maximum absolute atomic E-state index is 13.2. The molecule has 1 aromatic rings. The highest BCUT2D eigenvalue weighted by Crippen LogP contribution is 2.19. The van der Waals surface area contributed by atoms with E-state index < -0.39 is 24.1 Å². The predicted molar refractivity (Wildman–Crippen MR) is 133 cm³/mol. The van der Waals surface area contributed by atoms with E-state index in [0.29, 0.717) is 19.1 Å². The van der Waals surface area contributed by atoms with Gasteiger partial charge in [-0.3, -0.25) is 9.59 Å². The number of benzene rings is 1. The van der Waals surface area contributed by atoms with Crippen LogP contribution in [0.3, 0.4) is 0 Å². The van der Waals surface area contributed by atoms with Gasteiger partial charge in [0.05, 0.1) is 6.04 Å². The van der Waals surface area contributed by atoms with Gasteiger partial charge in [0.25, 0.3) is 0 Å². The molecule has 0 heterocycles. The zero-order chi connectivity index (χ0) is 25.7. The van der Waals surface area contributed by atoms with E-state index >= 15 is 0 Å². The fourth-order valence-corrected chi connectivity index (χ4v) is 3.64. The summed E-state index contributed by atoms with van der Waals surface area (Å²) in [6, 6.07) is 7.79. The van der Waals surface area contributed by atoms with E-state index in [4.69, 9.17) is 4.74 Å². The van der Waals surface area contributed by atoms with Gasteiger partial charge in [0.1, 0.15) is 18.9 Å². The van der Waals surface area contributed by atoms with Crippen LogP contribution in [0, 0.1) is 17.8 Å². The maximum atomic E-state index is 13.2. The molecule has 0 unspecified atom stereocenters. The Bertz CT molecular complexity index is 829. The molecule has 0 aliphatic rings. The molecular weight excluding hydrogens is 432 g/mol. The van der Waals surface area contributed by atoms with Crippen molar-refractivity contribution < 1.29 is 23.9 Å². The van der Waals surface area contributed by atoms with Crippen LogP contribution >= 0.6 is 0 Å². The summed E-state index contributed by atoms with van der Waals surface area (Å²) in [4.78, 5) is 49.9. The van der Waals surface area contributed by atoms with Crippen LogP contribution in [0.15, 0.2) is 42.0 Å². The normalized spacial score (nSPS) is 13.5. The molecule has 3 atom stereocenters. The third kappa shape index (κ3) is 11.8. The van der Waals surface area contributed by atoms with E-state index in [1.54, 1.807) is 6.08 Å². The second kappa shape index (κ2) is 15.0. The Morgan fingerprint density at radius 2 is 1.56 bits per heavy atom. The van der Waals surface area contributed by atoms with E-state index in [1.165, 1.54) is 0 Å². The van der Waals surface area contributed by atoms with Gasteiger partial charge in [-0.15, -0.1) is 0 Å². The fourth-order valence-electron chi connectivity index (χ4n) is 3.64. The summed E-state index contributed by atoms with van der Waals surface area (Å²) in [6.07, 6.45) is 2.57. The Morgan fingerprint density at radius 1 is 0.941 bits per heavy atom. The molecule has 188 valence electrons. The lowest BCUT2D eigenvalue weighted by Crippen LogP contribution is -2.45. The van der Waals surface area contributed by atoms with Gasteiger partial charge in [0, 0.05) is 12.3 Å². The van der Waals surface area contributed by atoms with Crippen LogP contribution in [-0.4, -0.2) is 36.2 Å². The van der Waals surface area contributed by atoms with E-state index in [1.807, 2.05) is 71.9 Å². The predicted octanol–water partition coefficient (Wildman–Crippen LogP) is 4.60. The van der Waals surface area contributed by atoms with Crippen molar-refractivity contribution in [3.05, 3.63) is 47.5 Å². The lowest BCUT2D eigenvalue weighted by atomic mass is 9.88. The molecule has 0 aliphatic heterocycles. The van der Waals surface area contributed by atoms with Crippen molar-refractivity contribution in [2.45, 2.75) is 79.5 Å². The van der Waals surface area contributed by atoms with Crippen molar-refractivity contribution in [3.8, 4) is 0 Å². The summed E-state index contributed by atoms with van der Waals surface area (Å²) in [5, 5.41) is 5.41. The lowest BCUT2D eigenvalue weighted by molar-refractivity contribution is -0.131. The summed E-state index contributed by atoms with van der Waals surface area (Å²) >= 11 is 0. The maximum Gasteiger partial charge on any atom is 0.408 e. The van der Waals surface area contributed by atoms with Crippen LogP contribution < -0.4 is 10.6 Å². The molecule has 0 radical (unpaired) electrons. The Morgan fingerprint density at radius 3 is 2.09 bits per heavy atom.